The number of hydrogen-bond donors (Lipinski definition) is 0. The van der Waals surface area contributed by atoms with Crippen molar-refractivity contribution in [2.24, 2.45) is 5.16 Å². The Morgan fingerprint density at radius 3 is 2.35 bits per heavy atom. The van der Waals surface area contributed by atoms with Crippen molar-refractivity contribution in [3.8, 4) is 6.07 Å². The van der Waals surface area contributed by atoms with Gasteiger partial charge in [0.15, 0.2) is 5.71 Å². The Kier molecular flexibility index (Phi) is 4.34. The SMILES string of the molecule is CS(=O)(=O)O/N=C(/C#N)c1c(Cl)cccc1Cl. The molecular weight excluding hydrogens is 287 g/mol. The van der Waals surface area contributed by atoms with E-state index in [0.717, 1.165) is 6.26 Å². The summed E-state index contributed by atoms with van der Waals surface area (Å²) in [5.41, 5.74) is -0.187. The van der Waals surface area contributed by atoms with Gasteiger partial charge < -0.3 is 0 Å². The van der Waals surface area contributed by atoms with E-state index in [1.54, 1.807) is 12.1 Å². The molecule has 0 aliphatic rings. The molecule has 1 aromatic rings. The summed E-state index contributed by atoms with van der Waals surface area (Å²) in [7, 11) is -3.79. The molecule has 0 aliphatic carbocycles. The summed E-state index contributed by atoms with van der Waals surface area (Å²) in [6.45, 7) is 0. The Labute approximate surface area is 108 Å². The van der Waals surface area contributed by atoms with E-state index in [0.29, 0.717) is 0 Å². The van der Waals surface area contributed by atoms with Crippen molar-refractivity contribution in [3.63, 3.8) is 0 Å². The first-order valence-electron chi connectivity index (χ1n) is 4.16. The zero-order valence-electron chi connectivity index (χ0n) is 8.52. The van der Waals surface area contributed by atoms with Crippen LogP contribution in [0.25, 0.3) is 0 Å². The fourth-order valence-corrected chi connectivity index (χ4v) is 1.74. The number of benzene rings is 1. The highest BCUT2D eigenvalue weighted by atomic mass is 35.5. The van der Waals surface area contributed by atoms with E-state index >= 15 is 0 Å². The van der Waals surface area contributed by atoms with Gasteiger partial charge in [-0.2, -0.15) is 13.7 Å². The maximum atomic E-state index is 10.7. The van der Waals surface area contributed by atoms with Crippen molar-refractivity contribution in [1.29, 1.82) is 5.26 Å². The Bertz CT molecular complexity index is 585. The van der Waals surface area contributed by atoms with E-state index in [-0.39, 0.29) is 21.3 Å². The predicted molar refractivity (Wildman–Crippen MR) is 64.5 cm³/mol. The number of nitrogens with zero attached hydrogens (tertiary/aromatic N) is 2. The average Bonchev–Trinajstić information content (AvgIpc) is 2.21. The molecule has 0 atom stereocenters. The lowest BCUT2D eigenvalue weighted by Gasteiger charge is -2.03. The lowest BCUT2D eigenvalue weighted by atomic mass is 10.1. The second-order valence-electron chi connectivity index (χ2n) is 2.93. The Morgan fingerprint density at radius 1 is 1.41 bits per heavy atom. The van der Waals surface area contributed by atoms with Crippen LogP contribution in [-0.4, -0.2) is 20.4 Å². The maximum Gasteiger partial charge on any atom is 0.325 e. The van der Waals surface area contributed by atoms with Crippen LogP contribution < -0.4 is 0 Å². The first kappa shape index (κ1) is 13.8. The van der Waals surface area contributed by atoms with Crippen molar-refractivity contribution in [1.82, 2.24) is 0 Å². The lowest BCUT2D eigenvalue weighted by molar-refractivity contribution is 0.344. The van der Waals surface area contributed by atoms with Crippen LogP contribution in [0.15, 0.2) is 23.4 Å². The molecule has 0 bridgehead atoms. The fourth-order valence-electron chi connectivity index (χ4n) is 0.951. The molecule has 1 rings (SSSR count). The van der Waals surface area contributed by atoms with Crippen LogP contribution in [0.2, 0.25) is 10.0 Å². The van der Waals surface area contributed by atoms with Crippen molar-refractivity contribution in [2.75, 3.05) is 6.26 Å². The Hall–Kier alpha value is -1.29. The number of halogens is 2. The van der Waals surface area contributed by atoms with Gasteiger partial charge in [0.25, 0.3) is 0 Å². The minimum absolute atomic E-state index is 0.127. The van der Waals surface area contributed by atoms with Gasteiger partial charge in [0, 0.05) is 0 Å². The first-order chi connectivity index (χ1) is 7.85. The molecule has 5 nitrogen and oxygen atoms in total. The second kappa shape index (κ2) is 5.36. The third kappa shape index (κ3) is 3.89. The number of nitriles is 1. The molecule has 0 amide bonds. The highest BCUT2D eigenvalue weighted by Crippen LogP contribution is 2.25. The van der Waals surface area contributed by atoms with Crippen molar-refractivity contribution < 1.29 is 12.7 Å². The van der Waals surface area contributed by atoms with Gasteiger partial charge in [-0.3, -0.25) is 4.28 Å². The van der Waals surface area contributed by atoms with Crippen LogP contribution >= 0.6 is 23.2 Å². The van der Waals surface area contributed by atoms with Gasteiger partial charge in [-0.05, 0) is 12.1 Å². The molecule has 0 fully saturated rings. The zero-order valence-corrected chi connectivity index (χ0v) is 10.8. The van der Waals surface area contributed by atoms with Gasteiger partial charge in [-0.25, -0.2) is 0 Å². The van der Waals surface area contributed by atoms with Gasteiger partial charge in [-0.1, -0.05) is 34.4 Å². The summed E-state index contributed by atoms with van der Waals surface area (Å²) in [5.74, 6) is 0. The van der Waals surface area contributed by atoms with Gasteiger partial charge in [0.1, 0.15) is 6.07 Å². The van der Waals surface area contributed by atoms with E-state index in [2.05, 4.69) is 9.44 Å². The number of hydrogen-bond acceptors (Lipinski definition) is 5. The van der Waals surface area contributed by atoms with E-state index in [9.17, 15) is 8.42 Å². The van der Waals surface area contributed by atoms with Gasteiger partial charge in [-0.15, -0.1) is 0 Å². The van der Waals surface area contributed by atoms with Crippen molar-refractivity contribution in [2.45, 2.75) is 0 Å². The quantitative estimate of drug-likeness (QED) is 0.632. The minimum atomic E-state index is -3.79. The largest absolute Gasteiger partial charge is 0.325 e. The van der Waals surface area contributed by atoms with Crippen LogP contribution in [0.4, 0.5) is 0 Å². The molecule has 0 spiro atoms. The summed E-state index contributed by atoms with van der Waals surface area (Å²) >= 11 is 11.7. The van der Waals surface area contributed by atoms with Crippen LogP contribution in [-0.2, 0) is 14.4 Å². The topological polar surface area (TPSA) is 79.5 Å². The van der Waals surface area contributed by atoms with Crippen molar-refractivity contribution in [3.05, 3.63) is 33.8 Å². The standard InChI is InChI=1S/C9H6Cl2N2O3S/c1-17(14,15)16-13-8(5-12)9-6(10)3-2-4-7(9)11/h2-4H,1H3/b13-8-. The van der Waals surface area contributed by atoms with Gasteiger partial charge >= 0.3 is 10.1 Å². The third-order valence-electron chi connectivity index (χ3n) is 1.57. The molecule has 0 radical (unpaired) electrons. The van der Waals surface area contributed by atoms with Crippen LogP contribution in [0.1, 0.15) is 5.56 Å². The molecule has 0 heterocycles. The Morgan fingerprint density at radius 2 is 1.94 bits per heavy atom. The fraction of sp³-hybridized carbons (Fsp3) is 0.111. The number of oxime groups is 1. The molecular formula is C9H6Cl2N2O3S. The lowest BCUT2D eigenvalue weighted by Crippen LogP contribution is -2.04. The summed E-state index contributed by atoms with van der Waals surface area (Å²) in [6, 6.07) is 6.24. The van der Waals surface area contributed by atoms with E-state index in [4.69, 9.17) is 28.5 Å². The average molecular weight is 293 g/mol. The van der Waals surface area contributed by atoms with Crippen LogP contribution in [0.5, 0.6) is 0 Å². The Balaban J connectivity index is 3.25. The first-order valence-corrected chi connectivity index (χ1v) is 6.73. The predicted octanol–water partition coefficient (Wildman–Crippen LogP) is 2.20. The molecule has 90 valence electrons. The number of rotatable bonds is 3. The molecule has 0 unspecified atom stereocenters. The van der Waals surface area contributed by atoms with Crippen LogP contribution in [0.3, 0.4) is 0 Å². The molecule has 0 saturated heterocycles. The molecule has 8 heteroatoms. The minimum Gasteiger partial charge on any atom is -0.267 e. The molecule has 1 aromatic carbocycles. The summed E-state index contributed by atoms with van der Waals surface area (Å²) < 4.78 is 25.7. The normalized spacial score (nSPS) is 12.0. The summed E-state index contributed by atoms with van der Waals surface area (Å²) in [6.07, 6.45) is 0.805. The summed E-state index contributed by atoms with van der Waals surface area (Å²) in [4.78, 5) is 0. The van der Waals surface area contributed by atoms with Crippen molar-refractivity contribution >= 4 is 39.0 Å². The molecule has 0 saturated carbocycles. The van der Waals surface area contributed by atoms with Gasteiger partial charge in [0.05, 0.1) is 21.9 Å². The van der Waals surface area contributed by atoms with Gasteiger partial charge in [0.2, 0.25) is 0 Å². The van der Waals surface area contributed by atoms with Crippen LogP contribution in [0, 0.1) is 11.3 Å². The maximum absolute atomic E-state index is 10.7. The molecule has 17 heavy (non-hydrogen) atoms. The molecule has 0 aromatic heterocycles. The highest BCUT2D eigenvalue weighted by Gasteiger charge is 2.14. The summed E-state index contributed by atoms with van der Waals surface area (Å²) in [5, 5.41) is 12.4. The highest BCUT2D eigenvalue weighted by molar-refractivity contribution is 7.85. The van der Waals surface area contributed by atoms with E-state index in [1.165, 1.54) is 12.1 Å². The zero-order chi connectivity index (χ0) is 13.1. The van der Waals surface area contributed by atoms with E-state index < -0.39 is 10.1 Å². The third-order valence-corrected chi connectivity index (χ3v) is 2.54. The molecule has 0 N–H and O–H groups in total. The second-order valence-corrected chi connectivity index (χ2v) is 5.30. The smallest absolute Gasteiger partial charge is 0.267 e. The monoisotopic (exact) mass is 292 g/mol. The van der Waals surface area contributed by atoms with E-state index in [1.807, 2.05) is 0 Å². The molecule has 0 aliphatic heterocycles.